The summed E-state index contributed by atoms with van der Waals surface area (Å²) in [5, 5.41) is 0. The summed E-state index contributed by atoms with van der Waals surface area (Å²) in [5.41, 5.74) is 0. The van der Waals surface area contributed by atoms with Gasteiger partial charge in [0, 0.05) is 6.07 Å². The van der Waals surface area contributed by atoms with Gasteiger partial charge in [0.25, 0.3) is 0 Å². The molecule has 0 fully saturated rings. The first kappa shape index (κ1) is 8.31. The van der Waals surface area contributed by atoms with Crippen molar-refractivity contribution < 1.29 is 4.68 Å². The Labute approximate surface area is 68.4 Å². The zero-order chi connectivity index (χ0) is 8.43. The molecule has 2 heteroatoms. The molecule has 62 valence electrons. The quantitative estimate of drug-likeness (QED) is 0.574. The van der Waals surface area contributed by atoms with Gasteiger partial charge in [0.1, 0.15) is 0 Å². The number of aromatic nitrogens is 2. The second-order valence-electron chi connectivity index (χ2n) is 3.44. The number of nitrogens with zero attached hydrogens (tertiary/aromatic N) is 2. The maximum atomic E-state index is 2.24. The molecule has 2 nitrogen and oxygen atoms in total. The van der Waals surface area contributed by atoms with Crippen molar-refractivity contribution in [2.45, 2.75) is 39.8 Å². The van der Waals surface area contributed by atoms with Crippen LogP contribution in [0.3, 0.4) is 0 Å². The van der Waals surface area contributed by atoms with Crippen molar-refractivity contribution in [2.75, 3.05) is 0 Å². The first-order chi connectivity index (χ1) is 5.13. The largest absolute Gasteiger partial charge is 0.195 e. The third-order valence-corrected chi connectivity index (χ3v) is 1.80. The highest BCUT2D eigenvalue weighted by molar-refractivity contribution is 4.73. The monoisotopic (exact) mass is 153 g/mol. The second-order valence-corrected chi connectivity index (χ2v) is 3.44. The van der Waals surface area contributed by atoms with Gasteiger partial charge < -0.3 is 0 Å². The van der Waals surface area contributed by atoms with E-state index in [4.69, 9.17) is 0 Å². The summed E-state index contributed by atoms with van der Waals surface area (Å²) < 4.78 is 4.48. The smallest absolute Gasteiger partial charge is 0.158 e. The lowest BCUT2D eigenvalue weighted by Gasteiger charge is -2.07. The predicted molar refractivity (Wildman–Crippen MR) is 45.4 cm³/mol. The van der Waals surface area contributed by atoms with Crippen molar-refractivity contribution in [1.29, 1.82) is 0 Å². The molecule has 0 radical (unpaired) electrons. The van der Waals surface area contributed by atoms with Gasteiger partial charge in [-0.25, -0.2) is 0 Å². The van der Waals surface area contributed by atoms with Crippen molar-refractivity contribution in [3.05, 3.63) is 18.5 Å². The molecular weight excluding hydrogens is 136 g/mol. The van der Waals surface area contributed by atoms with E-state index in [1.165, 1.54) is 0 Å². The minimum Gasteiger partial charge on any atom is -0.158 e. The standard InChI is InChI=1S/C9H17N2/c1-8(2)10-6-5-7-11(10)9(3)4/h5-9H,1-4H3/q+1. The zero-order valence-electron chi connectivity index (χ0n) is 7.78. The maximum absolute atomic E-state index is 2.24. The van der Waals surface area contributed by atoms with Gasteiger partial charge in [-0.2, -0.15) is 4.68 Å². The van der Waals surface area contributed by atoms with Crippen molar-refractivity contribution in [3.8, 4) is 0 Å². The third kappa shape index (κ3) is 1.62. The van der Waals surface area contributed by atoms with Crippen LogP contribution in [-0.2, 0) is 0 Å². The molecular formula is C9H17N2+. The van der Waals surface area contributed by atoms with Gasteiger partial charge in [0.15, 0.2) is 12.2 Å². The van der Waals surface area contributed by atoms with Crippen LogP contribution in [-0.4, -0.2) is 4.68 Å². The number of hydrogen-bond donors (Lipinski definition) is 0. The molecule has 1 rings (SSSR count). The molecule has 11 heavy (non-hydrogen) atoms. The van der Waals surface area contributed by atoms with E-state index in [1.54, 1.807) is 0 Å². The first-order valence-electron chi connectivity index (χ1n) is 4.21. The summed E-state index contributed by atoms with van der Waals surface area (Å²) >= 11 is 0. The van der Waals surface area contributed by atoms with Gasteiger partial charge in [-0.15, -0.1) is 4.68 Å². The Morgan fingerprint density at radius 2 is 1.82 bits per heavy atom. The number of hydrogen-bond acceptors (Lipinski definition) is 0. The first-order valence-corrected chi connectivity index (χ1v) is 4.21. The van der Waals surface area contributed by atoms with Gasteiger partial charge in [-0.3, -0.25) is 0 Å². The molecule has 0 atom stereocenters. The molecule has 0 aliphatic carbocycles. The fraction of sp³-hybridized carbons (Fsp3) is 0.667. The summed E-state index contributed by atoms with van der Waals surface area (Å²) in [4.78, 5) is 0. The van der Waals surface area contributed by atoms with Crippen LogP contribution in [0.5, 0.6) is 0 Å². The number of rotatable bonds is 2. The third-order valence-electron chi connectivity index (χ3n) is 1.80. The Kier molecular flexibility index (Phi) is 2.32. The molecule has 0 aliphatic rings. The lowest BCUT2D eigenvalue weighted by molar-refractivity contribution is -0.794. The molecule has 0 spiro atoms. The van der Waals surface area contributed by atoms with E-state index in [-0.39, 0.29) is 0 Å². The van der Waals surface area contributed by atoms with Crippen molar-refractivity contribution in [1.82, 2.24) is 4.68 Å². The normalized spacial score (nSPS) is 11.5. The molecule has 1 aromatic heterocycles. The van der Waals surface area contributed by atoms with E-state index in [9.17, 15) is 0 Å². The Bertz CT molecular complexity index is 201. The SMILES string of the molecule is CC(C)n1ccc[n+]1C(C)C. The van der Waals surface area contributed by atoms with Gasteiger partial charge in [0.05, 0.1) is 12.2 Å². The molecule has 0 aliphatic heterocycles. The van der Waals surface area contributed by atoms with Gasteiger partial charge in [0.2, 0.25) is 0 Å². The molecule has 0 amide bonds. The van der Waals surface area contributed by atoms with Crippen molar-refractivity contribution in [3.63, 3.8) is 0 Å². The average Bonchev–Trinajstić information content (AvgIpc) is 2.32. The molecule has 0 saturated carbocycles. The predicted octanol–water partition coefficient (Wildman–Crippen LogP) is 1.94. The summed E-state index contributed by atoms with van der Waals surface area (Å²) in [6.07, 6.45) is 4.23. The minimum absolute atomic E-state index is 0.549. The zero-order valence-corrected chi connectivity index (χ0v) is 7.78. The molecule has 0 saturated heterocycles. The van der Waals surface area contributed by atoms with E-state index < -0.39 is 0 Å². The highest BCUT2D eigenvalue weighted by Crippen LogP contribution is 2.01. The summed E-state index contributed by atoms with van der Waals surface area (Å²) in [6, 6.07) is 3.18. The molecule has 1 aromatic rings. The van der Waals surface area contributed by atoms with Crippen LogP contribution in [0.1, 0.15) is 39.8 Å². The van der Waals surface area contributed by atoms with E-state index >= 15 is 0 Å². The Morgan fingerprint density at radius 3 is 2.18 bits per heavy atom. The Morgan fingerprint density at radius 1 is 1.18 bits per heavy atom. The second kappa shape index (κ2) is 3.07. The van der Waals surface area contributed by atoms with Crippen molar-refractivity contribution >= 4 is 0 Å². The lowest BCUT2D eigenvalue weighted by Crippen LogP contribution is -2.45. The molecule has 0 bridgehead atoms. The van der Waals surface area contributed by atoms with Gasteiger partial charge in [-0.1, -0.05) is 0 Å². The van der Waals surface area contributed by atoms with Gasteiger partial charge in [-0.05, 0) is 27.7 Å². The van der Waals surface area contributed by atoms with Crippen LogP contribution in [0, 0.1) is 0 Å². The average molecular weight is 153 g/mol. The van der Waals surface area contributed by atoms with E-state index in [0.717, 1.165) is 0 Å². The van der Waals surface area contributed by atoms with Crippen LogP contribution < -0.4 is 4.68 Å². The maximum Gasteiger partial charge on any atom is 0.195 e. The molecule has 0 N–H and O–H groups in total. The molecule has 1 heterocycles. The fourth-order valence-electron chi connectivity index (χ4n) is 1.25. The van der Waals surface area contributed by atoms with E-state index in [1.807, 2.05) is 0 Å². The summed E-state index contributed by atoms with van der Waals surface area (Å²) in [6.45, 7) is 8.77. The fourth-order valence-corrected chi connectivity index (χ4v) is 1.25. The van der Waals surface area contributed by atoms with Crippen LogP contribution in [0.15, 0.2) is 18.5 Å². The van der Waals surface area contributed by atoms with Crippen LogP contribution in [0.25, 0.3) is 0 Å². The minimum atomic E-state index is 0.549. The topological polar surface area (TPSA) is 8.81 Å². The van der Waals surface area contributed by atoms with Crippen LogP contribution in [0.2, 0.25) is 0 Å². The van der Waals surface area contributed by atoms with E-state index in [2.05, 4.69) is 55.5 Å². The van der Waals surface area contributed by atoms with E-state index in [0.29, 0.717) is 12.1 Å². The van der Waals surface area contributed by atoms with Gasteiger partial charge >= 0.3 is 0 Å². The van der Waals surface area contributed by atoms with Crippen LogP contribution in [0.4, 0.5) is 0 Å². The Hall–Kier alpha value is -0.790. The molecule has 0 unspecified atom stereocenters. The van der Waals surface area contributed by atoms with Crippen LogP contribution >= 0.6 is 0 Å². The molecule has 0 aromatic carbocycles. The highest BCUT2D eigenvalue weighted by atomic mass is 15.4. The lowest BCUT2D eigenvalue weighted by atomic mass is 10.4. The highest BCUT2D eigenvalue weighted by Gasteiger charge is 2.13. The summed E-state index contributed by atoms with van der Waals surface area (Å²) in [7, 11) is 0. The Balaban J connectivity index is 2.96. The summed E-state index contributed by atoms with van der Waals surface area (Å²) in [5.74, 6) is 0. The van der Waals surface area contributed by atoms with Crippen molar-refractivity contribution in [2.24, 2.45) is 0 Å².